The molecule has 1 aliphatic carbocycles. The van der Waals surface area contributed by atoms with Crippen molar-refractivity contribution in [2.24, 2.45) is 11.8 Å². The smallest absolute Gasteiger partial charge is 0.746 e. The first-order valence-electron chi connectivity index (χ1n) is 11.2. The van der Waals surface area contributed by atoms with Crippen molar-refractivity contribution in [1.29, 1.82) is 0 Å². The summed E-state index contributed by atoms with van der Waals surface area (Å²) < 4.78 is 39.6. The van der Waals surface area contributed by atoms with Crippen LogP contribution in [0.3, 0.4) is 0 Å². The van der Waals surface area contributed by atoms with E-state index in [1.54, 1.807) is 0 Å². The maximum Gasteiger partial charge on any atom is 1.00 e. The molecule has 1 saturated heterocycles. The Labute approximate surface area is 217 Å². The third kappa shape index (κ3) is 10.1. The van der Waals surface area contributed by atoms with Gasteiger partial charge in [0.2, 0.25) is 11.8 Å². The number of alkyl carbamates (subject to hydrolysis) is 1. The van der Waals surface area contributed by atoms with E-state index in [4.69, 9.17) is 4.74 Å². The molecule has 4 atom stereocenters. The van der Waals surface area contributed by atoms with E-state index in [0.29, 0.717) is 13.0 Å². The molecule has 2 rings (SSSR count). The molecule has 3 amide bonds. The van der Waals surface area contributed by atoms with Crippen molar-refractivity contribution in [3.8, 4) is 0 Å². The fourth-order valence-corrected chi connectivity index (χ4v) is 4.70. The van der Waals surface area contributed by atoms with Crippen molar-refractivity contribution >= 4 is 28.0 Å². The van der Waals surface area contributed by atoms with Gasteiger partial charge in [0.05, 0.1) is 6.04 Å². The van der Waals surface area contributed by atoms with Crippen molar-refractivity contribution in [2.75, 3.05) is 6.54 Å². The van der Waals surface area contributed by atoms with Gasteiger partial charge in [0.15, 0.2) is 5.44 Å². The molecule has 0 aromatic carbocycles. The summed E-state index contributed by atoms with van der Waals surface area (Å²) >= 11 is 0. The monoisotopic (exact) mass is 499 g/mol. The molecule has 2 fully saturated rings. The summed E-state index contributed by atoms with van der Waals surface area (Å²) in [6, 6.07) is -2.56. The van der Waals surface area contributed by atoms with Crippen LogP contribution in [0.5, 0.6) is 0 Å². The number of nitrogens with one attached hydrogen (secondary N) is 3. The van der Waals surface area contributed by atoms with Gasteiger partial charge in [-0.25, -0.2) is 13.2 Å². The summed E-state index contributed by atoms with van der Waals surface area (Å²) in [6.07, 6.45) is 3.96. The Morgan fingerprint density at radius 2 is 1.82 bits per heavy atom. The number of amides is 3. The molecule has 0 radical (unpaired) electrons. The van der Waals surface area contributed by atoms with Gasteiger partial charge in [0.1, 0.15) is 22.3 Å². The summed E-state index contributed by atoms with van der Waals surface area (Å²) in [6.45, 7) is 4.06. The normalized spacial score (nSPS) is 22.0. The van der Waals surface area contributed by atoms with Crippen LogP contribution in [-0.4, -0.2) is 66.2 Å². The number of ether oxygens (including phenoxy) is 1. The second kappa shape index (κ2) is 13.8. The summed E-state index contributed by atoms with van der Waals surface area (Å²) in [5, 5.41) is 17.5. The van der Waals surface area contributed by atoms with Crippen molar-refractivity contribution in [3.05, 3.63) is 0 Å². The SMILES string of the molecule is CC(C)C[C@H](NC(=O)OC1CCCCC1)C(=O)N[C@@H](C[C@@H]1CCNC1=O)C(O)S(=O)(=O)[O-].[Na+]. The molecule has 1 aliphatic heterocycles. The molecule has 4 N–H and O–H groups in total. The number of rotatable bonds is 10. The fourth-order valence-electron chi connectivity index (χ4n) is 4.12. The Balaban J connectivity index is 0.00000544. The van der Waals surface area contributed by atoms with Crippen LogP contribution in [-0.2, 0) is 24.4 Å². The molecule has 33 heavy (non-hydrogen) atoms. The first kappa shape index (κ1) is 30.1. The van der Waals surface area contributed by atoms with E-state index >= 15 is 0 Å². The van der Waals surface area contributed by atoms with E-state index in [0.717, 1.165) is 32.1 Å². The average Bonchev–Trinajstić information content (AvgIpc) is 3.10. The van der Waals surface area contributed by atoms with Gasteiger partial charge in [-0.15, -0.1) is 0 Å². The third-order valence-corrected chi connectivity index (χ3v) is 6.73. The van der Waals surface area contributed by atoms with Crippen molar-refractivity contribution in [2.45, 2.75) is 88.8 Å². The molecule has 0 aromatic heterocycles. The first-order chi connectivity index (χ1) is 15.0. The van der Waals surface area contributed by atoms with Crippen LogP contribution in [0.15, 0.2) is 0 Å². The summed E-state index contributed by atoms with van der Waals surface area (Å²) in [7, 11) is -5.15. The molecule has 1 saturated carbocycles. The van der Waals surface area contributed by atoms with Crippen molar-refractivity contribution < 1.29 is 66.8 Å². The molecular formula is C20H34N3NaO8S. The van der Waals surface area contributed by atoms with E-state index in [1.165, 1.54) is 0 Å². The largest absolute Gasteiger partial charge is 1.00 e. The Morgan fingerprint density at radius 3 is 2.33 bits per heavy atom. The molecule has 13 heteroatoms. The maximum atomic E-state index is 12.9. The van der Waals surface area contributed by atoms with Crippen LogP contribution in [0.2, 0.25) is 0 Å². The predicted octanol–water partition coefficient (Wildman–Crippen LogP) is -2.66. The van der Waals surface area contributed by atoms with Crippen LogP contribution < -0.4 is 45.5 Å². The zero-order valence-corrected chi connectivity index (χ0v) is 22.4. The minimum atomic E-state index is -5.15. The number of hydrogen-bond donors (Lipinski definition) is 4. The average molecular weight is 500 g/mol. The summed E-state index contributed by atoms with van der Waals surface area (Å²) in [5.74, 6) is -1.75. The van der Waals surface area contributed by atoms with E-state index in [2.05, 4.69) is 16.0 Å². The number of aliphatic hydroxyl groups excluding tert-OH is 1. The van der Waals surface area contributed by atoms with Gasteiger partial charge in [-0.05, 0) is 50.9 Å². The van der Waals surface area contributed by atoms with Gasteiger partial charge >= 0.3 is 35.7 Å². The number of hydrogen-bond acceptors (Lipinski definition) is 8. The van der Waals surface area contributed by atoms with E-state index in [9.17, 15) is 32.5 Å². The zero-order chi connectivity index (χ0) is 23.9. The third-order valence-electron chi connectivity index (χ3n) is 5.81. The van der Waals surface area contributed by atoms with Crippen molar-refractivity contribution in [3.63, 3.8) is 0 Å². The molecule has 0 spiro atoms. The second-order valence-corrected chi connectivity index (χ2v) is 10.5. The van der Waals surface area contributed by atoms with Gasteiger partial charge in [0.25, 0.3) is 0 Å². The van der Waals surface area contributed by atoms with E-state index in [-0.39, 0.29) is 60.3 Å². The van der Waals surface area contributed by atoms with Crippen LogP contribution in [0.4, 0.5) is 4.79 Å². The Hall–Kier alpha value is -0.920. The predicted molar refractivity (Wildman–Crippen MR) is 113 cm³/mol. The van der Waals surface area contributed by atoms with Gasteiger partial charge < -0.3 is 30.3 Å². The number of aliphatic hydroxyl groups is 1. The van der Waals surface area contributed by atoms with Crippen LogP contribution in [0.1, 0.15) is 65.2 Å². The molecule has 184 valence electrons. The number of carbonyl (C=O) groups is 3. The molecule has 0 aromatic rings. The van der Waals surface area contributed by atoms with Gasteiger partial charge in [-0.1, -0.05) is 20.3 Å². The quantitative estimate of drug-likeness (QED) is 0.186. The molecular weight excluding hydrogens is 465 g/mol. The van der Waals surface area contributed by atoms with Gasteiger partial charge in [-0.2, -0.15) is 0 Å². The molecule has 1 heterocycles. The maximum absolute atomic E-state index is 12.9. The Bertz CT molecular complexity index is 773. The molecule has 2 aliphatic rings. The van der Waals surface area contributed by atoms with Crippen LogP contribution in [0, 0.1) is 11.8 Å². The Morgan fingerprint density at radius 1 is 1.18 bits per heavy atom. The summed E-state index contributed by atoms with van der Waals surface area (Å²) in [5.41, 5.74) is -2.42. The minimum absolute atomic E-state index is 0. The summed E-state index contributed by atoms with van der Waals surface area (Å²) in [4.78, 5) is 37.1. The van der Waals surface area contributed by atoms with E-state index < -0.39 is 45.6 Å². The van der Waals surface area contributed by atoms with Crippen molar-refractivity contribution in [1.82, 2.24) is 16.0 Å². The van der Waals surface area contributed by atoms with Gasteiger partial charge in [0, 0.05) is 12.5 Å². The fraction of sp³-hybridized carbons (Fsp3) is 0.850. The second-order valence-electron chi connectivity index (χ2n) is 9.00. The first-order valence-corrected chi connectivity index (χ1v) is 12.6. The van der Waals surface area contributed by atoms with Crippen LogP contribution >= 0.6 is 0 Å². The zero-order valence-electron chi connectivity index (χ0n) is 19.5. The van der Waals surface area contributed by atoms with Gasteiger partial charge in [-0.3, -0.25) is 9.59 Å². The standard InChI is InChI=1S/C20H35N3O8S.Na/c1-12(2)10-15(23-20(27)31-14-6-4-3-5-7-14)18(25)22-16(19(26)32(28,29)30)11-13-8-9-21-17(13)24;/h12-16,19,26H,3-11H2,1-2H3,(H,21,24)(H,22,25)(H,23,27)(H,28,29,30);/q;+1/p-1/t13-,15-,16-,19?;/m0./s1. The Kier molecular flexibility index (Phi) is 12.6. The van der Waals surface area contributed by atoms with Crippen LogP contribution in [0.25, 0.3) is 0 Å². The minimum Gasteiger partial charge on any atom is -0.746 e. The molecule has 0 bridgehead atoms. The number of carbonyl (C=O) groups excluding carboxylic acids is 3. The van der Waals surface area contributed by atoms with E-state index in [1.807, 2.05) is 13.8 Å². The molecule has 1 unspecified atom stereocenters. The molecule has 11 nitrogen and oxygen atoms in total. The topological polar surface area (TPSA) is 174 Å².